The van der Waals surface area contributed by atoms with Crippen LogP contribution in [0.1, 0.15) is 5.56 Å². The molecule has 1 aromatic carbocycles. The number of ether oxygens (including phenoxy) is 1. The Morgan fingerprint density at radius 2 is 2.16 bits per heavy atom. The SMILES string of the molecule is O=C1CN(C(=O)OCc2ccccc2)C2=CCNC12. The standard InChI is InChI=1S/C14H14N2O3/c17-12-8-16(11-6-7-15-13(11)12)14(18)19-9-10-4-2-1-3-5-10/h1-6,13,15H,7-9H2. The lowest BCUT2D eigenvalue weighted by Gasteiger charge is -2.16. The van der Waals surface area contributed by atoms with Crippen molar-refractivity contribution in [1.82, 2.24) is 10.2 Å². The minimum Gasteiger partial charge on any atom is -0.444 e. The smallest absolute Gasteiger partial charge is 0.414 e. The van der Waals surface area contributed by atoms with Crippen LogP contribution in [0.5, 0.6) is 0 Å². The van der Waals surface area contributed by atoms with Crippen molar-refractivity contribution in [2.75, 3.05) is 13.1 Å². The van der Waals surface area contributed by atoms with Gasteiger partial charge >= 0.3 is 6.09 Å². The lowest BCUT2D eigenvalue weighted by atomic mass is 10.2. The maximum absolute atomic E-state index is 12.0. The molecular formula is C14H14N2O3. The van der Waals surface area contributed by atoms with Gasteiger partial charge in [0, 0.05) is 12.2 Å². The van der Waals surface area contributed by atoms with E-state index in [9.17, 15) is 9.59 Å². The summed E-state index contributed by atoms with van der Waals surface area (Å²) in [4.78, 5) is 25.1. The summed E-state index contributed by atoms with van der Waals surface area (Å²) in [5.41, 5.74) is 1.65. The number of rotatable bonds is 2. The molecule has 0 aliphatic carbocycles. The molecule has 0 saturated carbocycles. The van der Waals surface area contributed by atoms with Crippen molar-refractivity contribution in [2.24, 2.45) is 0 Å². The summed E-state index contributed by atoms with van der Waals surface area (Å²) in [5.74, 6) is 0.0143. The number of hydrogen-bond acceptors (Lipinski definition) is 4. The number of nitrogens with zero attached hydrogens (tertiary/aromatic N) is 1. The lowest BCUT2D eigenvalue weighted by molar-refractivity contribution is -0.118. The van der Waals surface area contributed by atoms with Crippen LogP contribution in [0.3, 0.4) is 0 Å². The van der Waals surface area contributed by atoms with E-state index in [1.165, 1.54) is 4.90 Å². The van der Waals surface area contributed by atoms with Gasteiger partial charge in [-0.2, -0.15) is 0 Å². The average molecular weight is 258 g/mol. The number of hydrogen-bond donors (Lipinski definition) is 1. The molecule has 1 N–H and O–H groups in total. The van der Waals surface area contributed by atoms with E-state index in [0.717, 1.165) is 11.3 Å². The topological polar surface area (TPSA) is 58.6 Å². The number of carbonyl (C=O) groups is 2. The van der Waals surface area contributed by atoms with Crippen molar-refractivity contribution >= 4 is 11.9 Å². The third-order valence-corrected chi connectivity index (χ3v) is 3.30. The van der Waals surface area contributed by atoms with E-state index in [4.69, 9.17) is 4.74 Å². The Morgan fingerprint density at radius 1 is 1.37 bits per heavy atom. The van der Waals surface area contributed by atoms with E-state index in [2.05, 4.69) is 5.32 Å². The molecule has 1 fully saturated rings. The highest BCUT2D eigenvalue weighted by molar-refractivity contribution is 5.96. The van der Waals surface area contributed by atoms with Crippen molar-refractivity contribution in [3.8, 4) is 0 Å². The monoisotopic (exact) mass is 258 g/mol. The van der Waals surface area contributed by atoms with Crippen molar-refractivity contribution in [3.63, 3.8) is 0 Å². The maximum atomic E-state index is 12.0. The fraction of sp³-hybridized carbons (Fsp3) is 0.286. The second kappa shape index (κ2) is 4.85. The van der Waals surface area contributed by atoms with Crippen LogP contribution in [0.15, 0.2) is 42.1 Å². The summed E-state index contributed by atoms with van der Waals surface area (Å²) in [6, 6.07) is 9.14. The minimum absolute atomic E-state index is 0.0143. The predicted octanol–water partition coefficient (Wildman–Crippen LogP) is 1.06. The highest BCUT2D eigenvalue weighted by Gasteiger charge is 2.41. The maximum Gasteiger partial charge on any atom is 0.414 e. The molecular weight excluding hydrogens is 244 g/mol. The molecule has 1 amide bonds. The van der Waals surface area contributed by atoms with E-state index in [-0.39, 0.29) is 25.0 Å². The van der Waals surface area contributed by atoms with Crippen molar-refractivity contribution < 1.29 is 14.3 Å². The van der Waals surface area contributed by atoms with Gasteiger partial charge in [0.25, 0.3) is 0 Å². The first-order chi connectivity index (χ1) is 9.25. The molecule has 2 aliphatic heterocycles. The van der Waals surface area contributed by atoms with E-state index in [1.807, 2.05) is 36.4 Å². The van der Waals surface area contributed by atoms with Gasteiger partial charge in [-0.15, -0.1) is 0 Å². The molecule has 1 saturated heterocycles. The molecule has 1 unspecified atom stereocenters. The molecule has 2 heterocycles. The Kier molecular flexibility index (Phi) is 3.05. The van der Waals surface area contributed by atoms with Crippen molar-refractivity contribution in [1.29, 1.82) is 0 Å². The first kappa shape index (κ1) is 11.9. The number of nitrogens with one attached hydrogen (secondary N) is 1. The Labute approximate surface area is 110 Å². The van der Waals surface area contributed by atoms with Gasteiger partial charge in [0.2, 0.25) is 0 Å². The molecule has 3 rings (SSSR count). The Balaban J connectivity index is 1.64. The molecule has 2 aliphatic rings. The normalized spacial score (nSPS) is 21.3. The van der Waals surface area contributed by atoms with Crippen LogP contribution in [0, 0.1) is 0 Å². The quantitative estimate of drug-likeness (QED) is 0.862. The van der Waals surface area contributed by atoms with E-state index in [1.54, 1.807) is 0 Å². The van der Waals surface area contributed by atoms with Gasteiger partial charge in [0.05, 0.1) is 6.54 Å². The molecule has 0 spiro atoms. The molecule has 98 valence electrons. The largest absolute Gasteiger partial charge is 0.444 e. The van der Waals surface area contributed by atoms with Crippen LogP contribution in [0.2, 0.25) is 0 Å². The summed E-state index contributed by atoms with van der Waals surface area (Å²) in [7, 11) is 0. The summed E-state index contributed by atoms with van der Waals surface area (Å²) in [5, 5.41) is 3.04. The summed E-state index contributed by atoms with van der Waals surface area (Å²) in [6.45, 7) is 0.932. The van der Waals surface area contributed by atoms with Crippen LogP contribution < -0.4 is 5.32 Å². The van der Waals surface area contributed by atoms with E-state index < -0.39 is 6.09 Å². The zero-order valence-electron chi connectivity index (χ0n) is 10.3. The van der Waals surface area contributed by atoms with Crippen molar-refractivity contribution in [3.05, 3.63) is 47.7 Å². The van der Waals surface area contributed by atoms with Gasteiger partial charge in [-0.05, 0) is 11.6 Å². The van der Waals surface area contributed by atoms with E-state index >= 15 is 0 Å². The zero-order chi connectivity index (χ0) is 13.2. The summed E-state index contributed by atoms with van der Waals surface area (Å²) >= 11 is 0. The minimum atomic E-state index is -0.463. The number of likely N-dealkylation sites (tertiary alicyclic amines) is 1. The third-order valence-electron chi connectivity index (χ3n) is 3.30. The van der Waals surface area contributed by atoms with Gasteiger partial charge in [0.1, 0.15) is 12.6 Å². The van der Waals surface area contributed by atoms with Gasteiger partial charge in [-0.25, -0.2) is 4.79 Å². The average Bonchev–Trinajstić information content (AvgIpc) is 3.02. The first-order valence-electron chi connectivity index (χ1n) is 6.20. The third kappa shape index (κ3) is 2.24. The van der Waals surface area contributed by atoms with Crippen LogP contribution >= 0.6 is 0 Å². The van der Waals surface area contributed by atoms with Gasteiger partial charge in [-0.3, -0.25) is 15.0 Å². The molecule has 0 aromatic heterocycles. The highest BCUT2D eigenvalue weighted by Crippen LogP contribution is 2.23. The molecule has 0 bridgehead atoms. The van der Waals surface area contributed by atoms with E-state index in [0.29, 0.717) is 6.54 Å². The highest BCUT2D eigenvalue weighted by atomic mass is 16.6. The molecule has 19 heavy (non-hydrogen) atoms. The van der Waals surface area contributed by atoms with Crippen molar-refractivity contribution in [2.45, 2.75) is 12.6 Å². The molecule has 1 atom stereocenters. The number of Topliss-reactive ketones (excluding diaryl/α,β-unsaturated/α-hetero) is 1. The van der Waals surface area contributed by atoms with Crippen LogP contribution in [-0.2, 0) is 16.1 Å². The second-order valence-electron chi connectivity index (χ2n) is 4.56. The summed E-state index contributed by atoms with van der Waals surface area (Å²) < 4.78 is 5.23. The van der Waals surface area contributed by atoms with Gasteiger partial charge < -0.3 is 4.74 Å². The van der Waals surface area contributed by atoms with Crippen LogP contribution in [0.25, 0.3) is 0 Å². The number of ketones is 1. The predicted molar refractivity (Wildman–Crippen MR) is 68.2 cm³/mol. The number of carbonyl (C=O) groups excluding carboxylic acids is 2. The van der Waals surface area contributed by atoms with Gasteiger partial charge in [0.15, 0.2) is 5.78 Å². The Bertz CT molecular complexity index is 539. The molecule has 5 heteroatoms. The zero-order valence-corrected chi connectivity index (χ0v) is 10.3. The summed E-state index contributed by atoms with van der Waals surface area (Å²) in [6.07, 6.45) is 1.40. The number of fused-ring (bicyclic) bond motifs is 1. The second-order valence-corrected chi connectivity index (χ2v) is 4.56. The van der Waals surface area contributed by atoms with Gasteiger partial charge in [-0.1, -0.05) is 30.3 Å². The van der Waals surface area contributed by atoms with Crippen LogP contribution in [-0.4, -0.2) is 35.9 Å². The molecule has 1 aromatic rings. The molecule has 0 radical (unpaired) electrons. The Hall–Kier alpha value is -2.14. The van der Waals surface area contributed by atoms with Crippen LogP contribution in [0.4, 0.5) is 4.79 Å². The lowest BCUT2D eigenvalue weighted by Crippen LogP contribution is -2.30. The fourth-order valence-electron chi connectivity index (χ4n) is 2.35. The number of benzene rings is 1. The number of amides is 1. The molecule has 5 nitrogen and oxygen atoms in total. The Morgan fingerprint density at radius 3 is 2.95 bits per heavy atom. The fourth-order valence-corrected chi connectivity index (χ4v) is 2.35. The first-order valence-corrected chi connectivity index (χ1v) is 6.20.